The lowest BCUT2D eigenvalue weighted by Gasteiger charge is -2.25. The van der Waals surface area contributed by atoms with E-state index in [-0.39, 0.29) is 5.41 Å². The maximum Gasteiger partial charge on any atom is 0.106 e. The Morgan fingerprint density at radius 3 is 2.67 bits per heavy atom. The molecule has 12 heavy (non-hydrogen) atoms. The molecule has 1 heterocycles. The first-order valence-electron chi connectivity index (χ1n) is 4.36. The highest BCUT2D eigenvalue weighted by atomic mass is 16.6. The van der Waals surface area contributed by atoms with Crippen molar-refractivity contribution >= 4 is 5.71 Å². The number of nitrogens with one attached hydrogen (secondary N) is 1. The Morgan fingerprint density at radius 2 is 2.17 bits per heavy atom. The molecule has 0 amide bonds. The van der Waals surface area contributed by atoms with Crippen molar-refractivity contribution < 1.29 is 4.84 Å². The number of rotatable bonds is 1. The summed E-state index contributed by atoms with van der Waals surface area (Å²) in [7, 11) is 1.60. The summed E-state index contributed by atoms with van der Waals surface area (Å²) < 4.78 is 0. The van der Waals surface area contributed by atoms with Gasteiger partial charge in [-0.1, -0.05) is 25.9 Å². The molecule has 0 unspecified atom stereocenters. The van der Waals surface area contributed by atoms with E-state index < -0.39 is 0 Å². The van der Waals surface area contributed by atoms with Crippen molar-refractivity contribution in [3.8, 4) is 0 Å². The maximum atomic E-state index is 4.80. The van der Waals surface area contributed by atoms with Gasteiger partial charge < -0.3 is 10.2 Å². The molecule has 1 N–H and O–H groups in total. The van der Waals surface area contributed by atoms with E-state index >= 15 is 0 Å². The highest BCUT2D eigenvalue weighted by molar-refractivity contribution is 5.90. The van der Waals surface area contributed by atoms with Crippen LogP contribution in [0.25, 0.3) is 0 Å². The normalized spacial score (nSPS) is 28.0. The summed E-state index contributed by atoms with van der Waals surface area (Å²) in [6.45, 7) is 8.59. The van der Waals surface area contributed by atoms with Crippen LogP contribution in [0.3, 0.4) is 0 Å². The summed E-state index contributed by atoms with van der Waals surface area (Å²) in [6, 6.07) is 0. The van der Waals surface area contributed by atoms with Gasteiger partial charge in [-0.15, -0.1) is 0 Å². The Kier molecular flexibility index (Phi) is 2.73. The fourth-order valence-corrected chi connectivity index (χ4v) is 1.60. The zero-order chi connectivity index (χ0) is 9.19. The molecular weight excluding hydrogens is 152 g/mol. The van der Waals surface area contributed by atoms with Crippen molar-refractivity contribution in [3.63, 3.8) is 0 Å². The number of hydrogen-bond acceptors (Lipinski definition) is 3. The van der Waals surface area contributed by atoms with Crippen LogP contribution in [0, 0.1) is 11.3 Å². The molecule has 0 saturated carbocycles. The third-order valence-electron chi connectivity index (χ3n) is 2.31. The molecule has 3 nitrogen and oxygen atoms in total. The first-order chi connectivity index (χ1) is 5.55. The highest BCUT2D eigenvalue weighted by Crippen LogP contribution is 2.28. The largest absolute Gasteiger partial charge is 0.399 e. The zero-order valence-corrected chi connectivity index (χ0v) is 8.35. The smallest absolute Gasteiger partial charge is 0.106 e. The standard InChI is InChI=1S/C9H18N2O/c1-9(2,3)7-5-10-6-8(7)11-12-4/h7,10H,5-6H2,1-4H3/b11-8+/t7-/m0/s1. The molecule has 0 bridgehead atoms. The first-order valence-corrected chi connectivity index (χ1v) is 4.36. The Labute approximate surface area is 74.2 Å². The predicted molar refractivity (Wildman–Crippen MR) is 50.3 cm³/mol. The van der Waals surface area contributed by atoms with Crippen molar-refractivity contribution in [2.24, 2.45) is 16.5 Å². The van der Waals surface area contributed by atoms with Crippen LogP contribution in [0.4, 0.5) is 0 Å². The van der Waals surface area contributed by atoms with Crippen LogP contribution in [0.15, 0.2) is 5.16 Å². The third kappa shape index (κ3) is 1.97. The van der Waals surface area contributed by atoms with Crippen LogP contribution < -0.4 is 5.32 Å². The molecule has 1 atom stereocenters. The van der Waals surface area contributed by atoms with Gasteiger partial charge in [-0.3, -0.25) is 0 Å². The van der Waals surface area contributed by atoms with Crippen LogP contribution in [0.5, 0.6) is 0 Å². The van der Waals surface area contributed by atoms with Gasteiger partial charge in [-0.05, 0) is 5.41 Å². The minimum Gasteiger partial charge on any atom is -0.399 e. The SMILES string of the molecule is CO/N=C1\CNC[C@@H]1C(C)(C)C. The Balaban J connectivity index is 2.71. The van der Waals surface area contributed by atoms with Gasteiger partial charge in [0.1, 0.15) is 7.11 Å². The Bertz CT molecular complexity index is 181. The molecule has 1 saturated heterocycles. The van der Waals surface area contributed by atoms with Gasteiger partial charge in [0.05, 0.1) is 5.71 Å². The molecule has 1 aliphatic heterocycles. The van der Waals surface area contributed by atoms with Crippen LogP contribution in [-0.4, -0.2) is 25.9 Å². The summed E-state index contributed by atoms with van der Waals surface area (Å²) in [5.74, 6) is 0.512. The molecule has 0 aliphatic carbocycles. The molecule has 1 rings (SSSR count). The van der Waals surface area contributed by atoms with E-state index in [0.717, 1.165) is 18.8 Å². The van der Waals surface area contributed by atoms with Crippen LogP contribution >= 0.6 is 0 Å². The van der Waals surface area contributed by atoms with E-state index in [1.165, 1.54) is 0 Å². The van der Waals surface area contributed by atoms with E-state index in [2.05, 4.69) is 31.2 Å². The third-order valence-corrected chi connectivity index (χ3v) is 2.31. The summed E-state index contributed by atoms with van der Waals surface area (Å²) in [4.78, 5) is 4.80. The Hall–Kier alpha value is -0.570. The second-order valence-corrected chi connectivity index (χ2v) is 4.31. The number of oxime groups is 1. The van der Waals surface area contributed by atoms with E-state index in [4.69, 9.17) is 4.84 Å². The fraction of sp³-hybridized carbons (Fsp3) is 0.889. The summed E-state index contributed by atoms with van der Waals surface area (Å²) in [5.41, 5.74) is 1.42. The minimum absolute atomic E-state index is 0.279. The van der Waals surface area contributed by atoms with Crippen LogP contribution in [0.2, 0.25) is 0 Å². The van der Waals surface area contributed by atoms with Crippen molar-refractivity contribution in [3.05, 3.63) is 0 Å². The molecule has 0 radical (unpaired) electrons. The molecular formula is C9H18N2O. The van der Waals surface area contributed by atoms with Crippen LogP contribution in [0.1, 0.15) is 20.8 Å². The Morgan fingerprint density at radius 1 is 1.50 bits per heavy atom. The van der Waals surface area contributed by atoms with E-state index in [1.54, 1.807) is 7.11 Å². The highest BCUT2D eigenvalue weighted by Gasteiger charge is 2.33. The van der Waals surface area contributed by atoms with Gasteiger partial charge in [0.15, 0.2) is 0 Å². The summed E-state index contributed by atoms with van der Waals surface area (Å²) in [5, 5.41) is 7.33. The van der Waals surface area contributed by atoms with Crippen LogP contribution in [-0.2, 0) is 4.84 Å². The average molecular weight is 170 g/mol. The van der Waals surface area contributed by atoms with Gasteiger partial charge in [0.25, 0.3) is 0 Å². The molecule has 0 aromatic heterocycles. The monoisotopic (exact) mass is 170 g/mol. The lowest BCUT2D eigenvalue weighted by atomic mass is 9.79. The molecule has 1 aliphatic rings. The summed E-state index contributed by atoms with van der Waals surface area (Å²) >= 11 is 0. The van der Waals surface area contributed by atoms with Gasteiger partial charge >= 0.3 is 0 Å². The second-order valence-electron chi connectivity index (χ2n) is 4.31. The van der Waals surface area contributed by atoms with Gasteiger partial charge in [-0.2, -0.15) is 0 Å². The maximum absolute atomic E-state index is 4.80. The molecule has 0 aromatic rings. The molecule has 70 valence electrons. The summed E-state index contributed by atoms with van der Waals surface area (Å²) in [6.07, 6.45) is 0. The van der Waals surface area contributed by atoms with Crippen molar-refractivity contribution in [1.29, 1.82) is 0 Å². The molecule has 3 heteroatoms. The fourth-order valence-electron chi connectivity index (χ4n) is 1.60. The van der Waals surface area contributed by atoms with Gasteiger partial charge in [0, 0.05) is 19.0 Å². The number of hydrogen-bond donors (Lipinski definition) is 1. The van der Waals surface area contributed by atoms with Crippen molar-refractivity contribution in [1.82, 2.24) is 5.32 Å². The predicted octanol–water partition coefficient (Wildman–Crippen LogP) is 1.25. The van der Waals surface area contributed by atoms with Crippen molar-refractivity contribution in [2.45, 2.75) is 20.8 Å². The first kappa shape index (κ1) is 9.52. The quantitative estimate of drug-likeness (QED) is 0.601. The lowest BCUT2D eigenvalue weighted by molar-refractivity contribution is 0.207. The molecule has 1 fully saturated rings. The topological polar surface area (TPSA) is 33.6 Å². The van der Waals surface area contributed by atoms with Gasteiger partial charge in [-0.25, -0.2) is 0 Å². The van der Waals surface area contributed by atoms with E-state index in [1.807, 2.05) is 0 Å². The second kappa shape index (κ2) is 3.44. The zero-order valence-electron chi connectivity index (χ0n) is 8.35. The molecule has 0 spiro atoms. The molecule has 0 aromatic carbocycles. The number of nitrogens with zero attached hydrogens (tertiary/aromatic N) is 1. The lowest BCUT2D eigenvalue weighted by Crippen LogP contribution is -2.27. The average Bonchev–Trinajstić information content (AvgIpc) is 2.34. The van der Waals surface area contributed by atoms with Gasteiger partial charge in [0.2, 0.25) is 0 Å². The van der Waals surface area contributed by atoms with Crippen molar-refractivity contribution in [2.75, 3.05) is 20.2 Å². The van der Waals surface area contributed by atoms with E-state index in [9.17, 15) is 0 Å². The van der Waals surface area contributed by atoms with E-state index in [0.29, 0.717) is 5.92 Å². The minimum atomic E-state index is 0.279.